The largest absolute Gasteiger partial charge is 0.423 e. The molecule has 0 radical (unpaired) electrons. The number of amides is 3. The van der Waals surface area contributed by atoms with E-state index >= 15 is 0 Å². The topological polar surface area (TPSA) is 85.7 Å². The van der Waals surface area contributed by atoms with Crippen LogP contribution in [0, 0.1) is 17.5 Å². The summed E-state index contributed by atoms with van der Waals surface area (Å²) >= 11 is 0. The Morgan fingerprint density at radius 3 is 2.52 bits per heavy atom. The fourth-order valence-electron chi connectivity index (χ4n) is 3.79. The predicted molar refractivity (Wildman–Crippen MR) is 111 cm³/mol. The zero-order chi connectivity index (χ0) is 23.7. The minimum absolute atomic E-state index is 0.000823. The molecule has 1 N–H and O–H groups in total. The molecule has 1 fully saturated rings. The van der Waals surface area contributed by atoms with E-state index in [-0.39, 0.29) is 32.1 Å². The quantitative estimate of drug-likeness (QED) is 0.712. The van der Waals surface area contributed by atoms with Crippen molar-refractivity contribution in [1.29, 1.82) is 0 Å². The van der Waals surface area contributed by atoms with Crippen LogP contribution in [0.5, 0.6) is 5.75 Å². The van der Waals surface area contributed by atoms with E-state index in [0.717, 1.165) is 11.0 Å². The molecule has 33 heavy (non-hydrogen) atoms. The number of ether oxygens (including phenoxy) is 1. The van der Waals surface area contributed by atoms with Gasteiger partial charge in [0.1, 0.15) is 5.82 Å². The second kappa shape index (κ2) is 9.10. The van der Waals surface area contributed by atoms with Crippen molar-refractivity contribution in [3.8, 4) is 5.75 Å². The number of hydrogen-bond donors (Lipinski definition) is 1. The van der Waals surface area contributed by atoms with Gasteiger partial charge in [0.25, 0.3) is 11.9 Å². The molecule has 4 rings (SSSR count). The zero-order valence-electron chi connectivity index (χ0n) is 17.6. The SMILES string of the molecule is CN1C(=O)N(CCCO)C(=O)C2[C@H]1N=C(Oc1cccc(F)c1F)N2Cc1ccc(F)cc1. The number of aliphatic hydroxyl groups is 1. The molecule has 3 amide bonds. The van der Waals surface area contributed by atoms with Gasteiger partial charge in [-0.2, -0.15) is 4.39 Å². The van der Waals surface area contributed by atoms with Crippen molar-refractivity contribution < 1.29 is 32.6 Å². The summed E-state index contributed by atoms with van der Waals surface area (Å²) in [4.78, 5) is 34.0. The molecule has 8 nitrogen and oxygen atoms in total. The van der Waals surface area contributed by atoms with Crippen LogP contribution < -0.4 is 4.74 Å². The van der Waals surface area contributed by atoms with Crippen molar-refractivity contribution in [2.45, 2.75) is 25.2 Å². The second-order valence-corrected chi connectivity index (χ2v) is 7.64. The number of fused-ring (bicyclic) bond motifs is 1. The molecule has 0 aromatic heterocycles. The lowest BCUT2D eigenvalue weighted by molar-refractivity contribution is -0.137. The summed E-state index contributed by atoms with van der Waals surface area (Å²) in [6.45, 7) is -0.183. The third-order valence-electron chi connectivity index (χ3n) is 5.48. The van der Waals surface area contributed by atoms with Crippen molar-refractivity contribution in [3.05, 3.63) is 65.5 Å². The monoisotopic (exact) mass is 462 g/mol. The van der Waals surface area contributed by atoms with Crippen LogP contribution in [0.15, 0.2) is 47.5 Å². The van der Waals surface area contributed by atoms with Crippen LogP contribution >= 0.6 is 0 Å². The molecule has 2 atom stereocenters. The van der Waals surface area contributed by atoms with Crippen LogP contribution in [0.1, 0.15) is 12.0 Å². The van der Waals surface area contributed by atoms with E-state index in [0.29, 0.717) is 5.56 Å². The van der Waals surface area contributed by atoms with Crippen LogP contribution in [-0.2, 0) is 11.3 Å². The Bertz CT molecular complexity index is 1100. The Morgan fingerprint density at radius 2 is 1.82 bits per heavy atom. The summed E-state index contributed by atoms with van der Waals surface area (Å²) < 4.78 is 46.9. The van der Waals surface area contributed by atoms with Crippen molar-refractivity contribution in [3.63, 3.8) is 0 Å². The van der Waals surface area contributed by atoms with Gasteiger partial charge in [-0.05, 0) is 36.2 Å². The highest BCUT2D eigenvalue weighted by molar-refractivity contribution is 6.03. The van der Waals surface area contributed by atoms with Gasteiger partial charge >= 0.3 is 6.03 Å². The maximum atomic E-state index is 14.3. The van der Waals surface area contributed by atoms with Crippen molar-refractivity contribution in [2.75, 3.05) is 20.2 Å². The molecule has 1 saturated heterocycles. The van der Waals surface area contributed by atoms with E-state index < -0.39 is 47.3 Å². The minimum atomic E-state index is -1.22. The summed E-state index contributed by atoms with van der Waals surface area (Å²) in [7, 11) is 1.46. The number of imide groups is 1. The van der Waals surface area contributed by atoms with Gasteiger partial charge in [0.2, 0.25) is 5.82 Å². The Hall–Kier alpha value is -3.60. The first kappa shape index (κ1) is 22.6. The first-order valence-corrected chi connectivity index (χ1v) is 10.2. The van der Waals surface area contributed by atoms with Crippen LogP contribution in [0.2, 0.25) is 0 Å². The predicted octanol–water partition coefficient (Wildman–Crippen LogP) is 2.33. The molecule has 2 aromatic carbocycles. The summed E-state index contributed by atoms with van der Waals surface area (Å²) in [5.74, 6) is -3.79. The van der Waals surface area contributed by atoms with Gasteiger partial charge in [-0.3, -0.25) is 9.69 Å². The third kappa shape index (κ3) is 4.23. The van der Waals surface area contributed by atoms with Crippen molar-refractivity contribution in [2.24, 2.45) is 4.99 Å². The van der Waals surface area contributed by atoms with Gasteiger partial charge < -0.3 is 19.6 Å². The Kier molecular flexibility index (Phi) is 6.23. The number of rotatable bonds is 6. The third-order valence-corrected chi connectivity index (χ3v) is 5.48. The molecule has 0 bridgehead atoms. The molecule has 2 aliphatic heterocycles. The zero-order valence-corrected chi connectivity index (χ0v) is 17.6. The maximum absolute atomic E-state index is 14.3. The smallest absolute Gasteiger partial charge is 0.328 e. The van der Waals surface area contributed by atoms with E-state index in [4.69, 9.17) is 9.84 Å². The number of urea groups is 1. The van der Waals surface area contributed by atoms with Gasteiger partial charge in [-0.15, -0.1) is 0 Å². The number of amidine groups is 1. The number of nitrogens with zero attached hydrogens (tertiary/aromatic N) is 4. The molecule has 2 heterocycles. The fraction of sp³-hybridized carbons (Fsp3) is 0.318. The molecule has 0 spiro atoms. The van der Waals surface area contributed by atoms with Gasteiger partial charge in [-0.1, -0.05) is 18.2 Å². The van der Waals surface area contributed by atoms with Crippen LogP contribution in [0.3, 0.4) is 0 Å². The van der Waals surface area contributed by atoms with E-state index in [9.17, 15) is 22.8 Å². The van der Waals surface area contributed by atoms with Crippen LogP contribution in [0.4, 0.5) is 18.0 Å². The lowest BCUT2D eigenvalue weighted by Crippen LogP contribution is -2.65. The standard InChI is InChI=1S/C22H21F3N4O4/c1-27-19-18(20(31)28(22(27)32)10-3-11-30)29(12-13-6-8-14(23)9-7-13)21(26-19)33-16-5-2-4-15(24)17(16)25/h2,4-9,18-19,30H,3,10-12H2,1H3/t18?,19-/m0/s1. The minimum Gasteiger partial charge on any atom is -0.423 e. The first-order valence-electron chi connectivity index (χ1n) is 10.2. The van der Waals surface area contributed by atoms with Gasteiger partial charge in [0, 0.05) is 26.7 Å². The lowest BCUT2D eigenvalue weighted by atomic mass is 10.1. The highest BCUT2D eigenvalue weighted by Gasteiger charge is 2.52. The van der Waals surface area contributed by atoms with Gasteiger partial charge in [-0.25, -0.2) is 18.6 Å². The fourth-order valence-corrected chi connectivity index (χ4v) is 3.79. The molecular formula is C22H21F3N4O4. The first-order chi connectivity index (χ1) is 15.8. The average Bonchev–Trinajstić information content (AvgIpc) is 3.15. The number of aliphatic imine (C=N–C) groups is 1. The number of carbonyl (C=O) groups excluding carboxylic acids is 2. The molecule has 174 valence electrons. The molecular weight excluding hydrogens is 441 g/mol. The molecule has 2 aromatic rings. The van der Waals surface area contributed by atoms with E-state index in [1.54, 1.807) is 0 Å². The Morgan fingerprint density at radius 1 is 1.09 bits per heavy atom. The summed E-state index contributed by atoms with van der Waals surface area (Å²) in [6, 6.07) is 7.13. The van der Waals surface area contributed by atoms with Crippen LogP contribution in [-0.4, -0.2) is 70.2 Å². The lowest BCUT2D eigenvalue weighted by Gasteiger charge is -2.41. The summed E-state index contributed by atoms with van der Waals surface area (Å²) in [6.07, 6.45) is -0.776. The van der Waals surface area contributed by atoms with Gasteiger partial charge in [0.05, 0.1) is 0 Å². The number of halogens is 3. The van der Waals surface area contributed by atoms with E-state index in [1.807, 2.05) is 0 Å². The molecule has 0 aliphatic carbocycles. The second-order valence-electron chi connectivity index (χ2n) is 7.64. The molecule has 0 saturated carbocycles. The highest BCUT2D eigenvalue weighted by Crippen LogP contribution is 2.31. The van der Waals surface area contributed by atoms with E-state index in [2.05, 4.69) is 4.99 Å². The molecule has 11 heteroatoms. The number of hydrogen-bond acceptors (Lipinski definition) is 6. The Labute approximate surface area is 187 Å². The van der Waals surface area contributed by atoms with E-state index in [1.165, 1.54) is 53.2 Å². The highest BCUT2D eigenvalue weighted by atomic mass is 19.2. The van der Waals surface area contributed by atoms with Crippen molar-refractivity contribution in [1.82, 2.24) is 14.7 Å². The Balaban J connectivity index is 1.71. The number of benzene rings is 2. The van der Waals surface area contributed by atoms with Crippen LogP contribution in [0.25, 0.3) is 0 Å². The van der Waals surface area contributed by atoms with Crippen molar-refractivity contribution >= 4 is 18.0 Å². The molecule has 2 aliphatic rings. The maximum Gasteiger partial charge on any atom is 0.328 e. The number of likely N-dealkylation sites (N-methyl/N-ethyl adjacent to an activating group) is 1. The normalized spacial score (nSPS) is 20.3. The summed E-state index contributed by atoms with van der Waals surface area (Å²) in [5, 5.41) is 9.13. The number of aliphatic hydroxyl groups excluding tert-OH is 1. The molecule has 1 unspecified atom stereocenters. The number of carbonyl (C=O) groups is 2. The average molecular weight is 462 g/mol. The van der Waals surface area contributed by atoms with Gasteiger partial charge in [0.15, 0.2) is 23.8 Å². The summed E-state index contributed by atoms with van der Waals surface area (Å²) in [5.41, 5.74) is 0.599.